The monoisotopic (exact) mass is 364 g/mol. The number of pyridine rings is 1. The molecule has 0 unspecified atom stereocenters. The maximum absolute atomic E-state index is 12.6. The van der Waals surface area contributed by atoms with Gasteiger partial charge in [0.1, 0.15) is 5.69 Å². The van der Waals surface area contributed by atoms with Crippen molar-refractivity contribution < 1.29 is 12.8 Å². The molecule has 4 aromatic rings. The lowest BCUT2D eigenvalue weighted by Gasteiger charge is -2.08. The van der Waals surface area contributed by atoms with Gasteiger partial charge in [0.15, 0.2) is 5.76 Å². The highest BCUT2D eigenvalue weighted by atomic mass is 32.2. The van der Waals surface area contributed by atoms with Gasteiger partial charge in [0.2, 0.25) is 10.0 Å². The Morgan fingerprint density at radius 2 is 1.77 bits per heavy atom. The average molecular weight is 364 g/mol. The summed E-state index contributed by atoms with van der Waals surface area (Å²) in [5, 5.41) is 1.89. The zero-order valence-corrected chi connectivity index (χ0v) is 14.6. The molecule has 2 aromatic carbocycles. The van der Waals surface area contributed by atoms with Crippen LogP contribution < -0.4 is 4.72 Å². The maximum Gasteiger partial charge on any atom is 0.240 e. The number of hydrogen-bond donors (Lipinski definition) is 1. The van der Waals surface area contributed by atoms with E-state index in [2.05, 4.69) is 9.71 Å². The first kappa shape index (κ1) is 16.5. The SMILES string of the molecule is O=S(=O)(NCc1ccc(-c2ccco2)nc1)c1ccc2ccccc2c1. The number of nitrogens with zero attached hydrogens (tertiary/aromatic N) is 1. The van der Waals surface area contributed by atoms with Gasteiger partial charge >= 0.3 is 0 Å². The first-order valence-corrected chi connectivity index (χ1v) is 9.57. The van der Waals surface area contributed by atoms with E-state index in [0.717, 1.165) is 16.3 Å². The molecule has 130 valence electrons. The number of nitrogens with one attached hydrogen (secondary N) is 1. The lowest BCUT2D eigenvalue weighted by molar-refractivity contribution is 0.578. The molecule has 0 spiro atoms. The minimum Gasteiger partial charge on any atom is -0.463 e. The third-order valence-electron chi connectivity index (χ3n) is 4.10. The van der Waals surface area contributed by atoms with Crippen LogP contribution in [0.25, 0.3) is 22.2 Å². The Kier molecular flexibility index (Phi) is 4.28. The van der Waals surface area contributed by atoms with Gasteiger partial charge in [-0.15, -0.1) is 0 Å². The number of rotatable bonds is 5. The summed E-state index contributed by atoms with van der Waals surface area (Å²) in [5.41, 5.74) is 1.47. The van der Waals surface area contributed by atoms with Crippen molar-refractivity contribution >= 4 is 20.8 Å². The predicted octanol–water partition coefficient (Wildman–Crippen LogP) is 3.97. The van der Waals surface area contributed by atoms with E-state index in [4.69, 9.17) is 4.42 Å². The number of furan rings is 1. The van der Waals surface area contributed by atoms with E-state index in [1.165, 1.54) is 0 Å². The number of benzene rings is 2. The number of fused-ring (bicyclic) bond motifs is 1. The molecular formula is C20H16N2O3S. The molecule has 0 bridgehead atoms. The summed E-state index contributed by atoms with van der Waals surface area (Å²) in [7, 11) is -3.60. The average Bonchev–Trinajstić information content (AvgIpc) is 3.21. The molecule has 2 heterocycles. The quantitative estimate of drug-likeness (QED) is 0.581. The minimum absolute atomic E-state index is 0.167. The summed E-state index contributed by atoms with van der Waals surface area (Å²) in [4.78, 5) is 4.55. The first-order chi connectivity index (χ1) is 12.6. The van der Waals surface area contributed by atoms with Gasteiger partial charge in [0.25, 0.3) is 0 Å². The van der Waals surface area contributed by atoms with Crippen LogP contribution in [-0.4, -0.2) is 13.4 Å². The molecule has 2 aromatic heterocycles. The van der Waals surface area contributed by atoms with Gasteiger partial charge in [-0.05, 0) is 46.7 Å². The third-order valence-corrected chi connectivity index (χ3v) is 5.49. The predicted molar refractivity (Wildman–Crippen MR) is 99.9 cm³/mol. The third kappa shape index (κ3) is 3.37. The Labute approximate surface area is 151 Å². The van der Waals surface area contributed by atoms with Crippen molar-refractivity contribution in [3.63, 3.8) is 0 Å². The molecule has 6 heteroatoms. The second-order valence-corrected chi connectivity index (χ2v) is 7.63. The van der Waals surface area contributed by atoms with Crippen LogP contribution in [0.2, 0.25) is 0 Å². The minimum atomic E-state index is -3.60. The fourth-order valence-electron chi connectivity index (χ4n) is 2.70. The molecule has 0 aliphatic heterocycles. The molecular weight excluding hydrogens is 348 g/mol. The standard InChI is InChI=1S/C20H16N2O3S/c23-26(24,18-9-8-16-4-1-2-5-17(16)12-18)22-14-15-7-10-19(21-13-15)20-6-3-11-25-20/h1-13,22H,14H2. The molecule has 26 heavy (non-hydrogen) atoms. The Bertz CT molecular complexity index is 1140. The topological polar surface area (TPSA) is 72.2 Å². The van der Waals surface area contributed by atoms with Crippen LogP contribution in [0.5, 0.6) is 0 Å². The van der Waals surface area contributed by atoms with Gasteiger partial charge in [0.05, 0.1) is 11.2 Å². The Morgan fingerprint density at radius 3 is 2.50 bits per heavy atom. The van der Waals surface area contributed by atoms with Gasteiger partial charge in [-0.3, -0.25) is 4.98 Å². The van der Waals surface area contributed by atoms with Crippen LogP contribution in [0.1, 0.15) is 5.56 Å². The van der Waals surface area contributed by atoms with Crippen LogP contribution in [0, 0.1) is 0 Å². The highest BCUT2D eigenvalue weighted by molar-refractivity contribution is 7.89. The fourth-order valence-corrected chi connectivity index (χ4v) is 3.75. The highest BCUT2D eigenvalue weighted by Crippen LogP contribution is 2.20. The molecule has 0 aliphatic rings. The van der Waals surface area contributed by atoms with E-state index in [9.17, 15) is 8.42 Å². The molecule has 0 atom stereocenters. The first-order valence-electron chi connectivity index (χ1n) is 8.09. The number of aromatic nitrogens is 1. The van der Waals surface area contributed by atoms with Crippen LogP contribution in [-0.2, 0) is 16.6 Å². The van der Waals surface area contributed by atoms with Gasteiger partial charge in [-0.1, -0.05) is 36.4 Å². The van der Waals surface area contributed by atoms with E-state index in [1.807, 2.05) is 42.5 Å². The number of hydrogen-bond acceptors (Lipinski definition) is 4. The summed E-state index contributed by atoms with van der Waals surface area (Å²) >= 11 is 0. The van der Waals surface area contributed by atoms with Gasteiger partial charge in [0, 0.05) is 12.7 Å². The normalized spacial score (nSPS) is 11.7. The van der Waals surface area contributed by atoms with E-state index in [0.29, 0.717) is 11.5 Å². The van der Waals surface area contributed by atoms with Crippen LogP contribution in [0.3, 0.4) is 0 Å². The Morgan fingerprint density at radius 1 is 0.923 bits per heavy atom. The van der Waals surface area contributed by atoms with Crippen molar-refractivity contribution in [2.24, 2.45) is 0 Å². The summed E-state index contributed by atoms with van der Waals surface area (Å²) in [5.74, 6) is 0.674. The zero-order valence-electron chi connectivity index (χ0n) is 13.8. The van der Waals surface area contributed by atoms with E-state index < -0.39 is 10.0 Å². The molecule has 0 fully saturated rings. The van der Waals surface area contributed by atoms with Gasteiger partial charge in [-0.2, -0.15) is 0 Å². The second kappa shape index (κ2) is 6.74. The molecule has 1 N–H and O–H groups in total. The van der Waals surface area contributed by atoms with Crippen molar-refractivity contribution in [2.45, 2.75) is 11.4 Å². The largest absolute Gasteiger partial charge is 0.463 e. The summed E-state index contributed by atoms with van der Waals surface area (Å²) in [6.45, 7) is 0.167. The molecule has 0 radical (unpaired) electrons. The molecule has 0 saturated carbocycles. The van der Waals surface area contributed by atoms with E-state index in [1.54, 1.807) is 36.7 Å². The van der Waals surface area contributed by atoms with Crippen molar-refractivity contribution in [2.75, 3.05) is 0 Å². The van der Waals surface area contributed by atoms with Crippen LogP contribution in [0.4, 0.5) is 0 Å². The molecule has 4 rings (SSSR count). The van der Waals surface area contributed by atoms with Crippen molar-refractivity contribution in [1.29, 1.82) is 0 Å². The van der Waals surface area contributed by atoms with Crippen LogP contribution >= 0.6 is 0 Å². The summed E-state index contributed by atoms with van der Waals surface area (Å²) < 4.78 is 33.0. The second-order valence-electron chi connectivity index (χ2n) is 5.86. The van der Waals surface area contributed by atoms with Crippen molar-refractivity contribution in [3.8, 4) is 11.5 Å². The maximum atomic E-state index is 12.6. The van der Waals surface area contributed by atoms with E-state index >= 15 is 0 Å². The lowest BCUT2D eigenvalue weighted by atomic mass is 10.1. The molecule has 0 saturated heterocycles. The van der Waals surface area contributed by atoms with Crippen LogP contribution in [0.15, 0.2) is 88.5 Å². The van der Waals surface area contributed by atoms with Gasteiger partial charge in [-0.25, -0.2) is 13.1 Å². The Hall–Kier alpha value is -2.96. The van der Waals surface area contributed by atoms with Crippen molar-refractivity contribution in [1.82, 2.24) is 9.71 Å². The summed E-state index contributed by atoms with van der Waals surface area (Å²) in [6, 6.07) is 20.0. The fraction of sp³-hybridized carbons (Fsp3) is 0.0500. The van der Waals surface area contributed by atoms with Gasteiger partial charge < -0.3 is 4.42 Å². The lowest BCUT2D eigenvalue weighted by Crippen LogP contribution is -2.23. The molecule has 5 nitrogen and oxygen atoms in total. The summed E-state index contributed by atoms with van der Waals surface area (Å²) in [6.07, 6.45) is 3.23. The smallest absolute Gasteiger partial charge is 0.240 e. The zero-order chi connectivity index (χ0) is 18.0. The highest BCUT2D eigenvalue weighted by Gasteiger charge is 2.14. The van der Waals surface area contributed by atoms with E-state index in [-0.39, 0.29) is 11.4 Å². The number of sulfonamides is 1. The molecule has 0 amide bonds. The Balaban J connectivity index is 1.50. The molecule has 0 aliphatic carbocycles. The van der Waals surface area contributed by atoms with Crippen molar-refractivity contribution in [3.05, 3.63) is 84.8 Å².